The fraction of sp³-hybridized carbons (Fsp3) is 0.792. The van der Waals surface area contributed by atoms with Crippen molar-refractivity contribution in [1.29, 1.82) is 0 Å². The van der Waals surface area contributed by atoms with Crippen LogP contribution in [0.3, 0.4) is 0 Å². The van der Waals surface area contributed by atoms with E-state index in [-0.39, 0.29) is 19.0 Å². The number of carbonyl (C=O) groups excluding carboxylic acids is 4. The van der Waals surface area contributed by atoms with Gasteiger partial charge in [0, 0.05) is 12.6 Å². The van der Waals surface area contributed by atoms with Crippen LogP contribution in [0.1, 0.15) is 75.2 Å². The predicted octanol–water partition coefficient (Wildman–Crippen LogP) is 4.00. The van der Waals surface area contributed by atoms with Crippen LogP contribution in [0.15, 0.2) is 0 Å². The largest absolute Gasteiger partial charge is 0.481 e. The number of esters is 4. The highest BCUT2D eigenvalue weighted by molar-refractivity contribution is 7.47. The van der Waals surface area contributed by atoms with Gasteiger partial charge in [0.2, 0.25) is 6.79 Å². The molecule has 0 aromatic heterocycles. The van der Waals surface area contributed by atoms with E-state index >= 15 is 0 Å². The Bertz CT molecular complexity index is 757. The van der Waals surface area contributed by atoms with Gasteiger partial charge in [-0.1, -0.05) is 0 Å². The fourth-order valence-corrected chi connectivity index (χ4v) is 3.41. The maximum atomic E-state index is 12.7. The molecular weight excluding hydrogens is 511 g/mol. The molecule has 0 aromatic carbocycles. The highest BCUT2D eigenvalue weighted by Gasteiger charge is 2.30. The van der Waals surface area contributed by atoms with E-state index in [9.17, 15) is 24.0 Å². The zero-order valence-corrected chi connectivity index (χ0v) is 24.1. The number of hydrogen-bond acceptors (Lipinski definition) is 11. The molecule has 1 unspecified atom stereocenters. The predicted molar refractivity (Wildman–Crippen MR) is 132 cm³/mol. The number of aliphatic carboxylic acids is 1. The minimum absolute atomic E-state index is 0.128. The Morgan fingerprint density at radius 1 is 0.649 bits per heavy atom. The second-order valence-corrected chi connectivity index (χ2v) is 12.8. The van der Waals surface area contributed by atoms with Crippen LogP contribution >= 0.6 is 8.38 Å². The molecule has 1 atom stereocenters. The first-order valence-corrected chi connectivity index (χ1v) is 13.0. The molecule has 0 rings (SSSR count). The first-order chi connectivity index (χ1) is 16.7. The first-order valence-electron chi connectivity index (χ1n) is 11.7. The van der Waals surface area contributed by atoms with Gasteiger partial charge in [0.25, 0.3) is 0 Å². The van der Waals surface area contributed by atoms with Crippen LogP contribution < -0.4 is 0 Å². The Morgan fingerprint density at radius 2 is 1.03 bits per heavy atom. The Hall–Kier alpha value is -2.30. The molecule has 12 nitrogen and oxygen atoms in total. The molecule has 1 N–H and O–H groups in total. The number of hydrogen-bond donors (Lipinski definition) is 1. The number of rotatable bonds is 14. The zero-order chi connectivity index (χ0) is 29.0. The van der Waals surface area contributed by atoms with E-state index in [0.29, 0.717) is 0 Å². The third kappa shape index (κ3) is 15.5. The average Bonchev–Trinajstić information content (AvgIpc) is 2.73. The Kier molecular flexibility index (Phi) is 14.2. The molecule has 13 heteroatoms. The van der Waals surface area contributed by atoms with Gasteiger partial charge >= 0.3 is 29.8 Å². The van der Waals surface area contributed by atoms with Gasteiger partial charge in [0.1, 0.15) is 0 Å². The first kappa shape index (κ1) is 34.7. The van der Waals surface area contributed by atoms with E-state index in [4.69, 9.17) is 33.1 Å². The number of ether oxygens (including phenoxy) is 4. The number of carbonyl (C=O) groups is 5. The van der Waals surface area contributed by atoms with Crippen LogP contribution in [-0.4, -0.2) is 61.5 Å². The molecule has 0 aliphatic carbocycles. The van der Waals surface area contributed by atoms with Gasteiger partial charge in [-0.15, -0.1) is 0 Å². The van der Waals surface area contributed by atoms with E-state index < -0.39 is 80.8 Å². The molecule has 0 aromatic rings. The molecule has 214 valence electrons. The van der Waals surface area contributed by atoms with Crippen LogP contribution in [0, 0.1) is 22.2 Å². The van der Waals surface area contributed by atoms with Crippen molar-refractivity contribution in [3.63, 3.8) is 0 Å². The summed E-state index contributed by atoms with van der Waals surface area (Å²) in [6, 6.07) is 0. The molecular formula is C24H41O12P. The maximum absolute atomic E-state index is 12.7. The lowest BCUT2D eigenvalue weighted by molar-refractivity contribution is -0.175. The molecule has 0 radical (unpaired) electrons. The molecule has 0 spiro atoms. The lowest BCUT2D eigenvalue weighted by Crippen LogP contribution is -2.28. The second kappa shape index (κ2) is 15.2. The molecule has 0 amide bonds. The Morgan fingerprint density at radius 3 is 1.38 bits per heavy atom. The summed E-state index contributed by atoms with van der Waals surface area (Å²) < 4.78 is 31.2. The van der Waals surface area contributed by atoms with Crippen molar-refractivity contribution >= 4 is 38.2 Å². The quantitative estimate of drug-likeness (QED) is 0.143. The van der Waals surface area contributed by atoms with Crippen LogP contribution in [-0.2, 0) is 52.0 Å². The highest BCUT2D eigenvalue weighted by Crippen LogP contribution is 2.42. The van der Waals surface area contributed by atoms with Crippen molar-refractivity contribution in [3.8, 4) is 0 Å². The summed E-state index contributed by atoms with van der Waals surface area (Å²) in [7, 11) is -2.00. The van der Waals surface area contributed by atoms with Gasteiger partial charge < -0.3 is 24.1 Å². The summed E-state index contributed by atoms with van der Waals surface area (Å²) in [6.45, 7) is 13.2. The summed E-state index contributed by atoms with van der Waals surface area (Å²) in [5.74, 6) is -4.65. The van der Waals surface area contributed by atoms with Crippen LogP contribution in [0.25, 0.3) is 0 Å². The molecule has 37 heavy (non-hydrogen) atoms. The van der Waals surface area contributed by atoms with Gasteiger partial charge in [-0.25, -0.2) is 0 Å². The monoisotopic (exact) mass is 552 g/mol. The van der Waals surface area contributed by atoms with Crippen LogP contribution in [0.4, 0.5) is 0 Å². The summed E-state index contributed by atoms with van der Waals surface area (Å²) in [5, 5.41) is 9.08. The Labute approximate surface area is 219 Å². The molecule has 0 saturated carbocycles. The van der Waals surface area contributed by atoms with Gasteiger partial charge in [-0.3, -0.25) is 33.0 Å². The Balaban J connectivity index is 5.36. The van der Waals surface area contributed by atoms with Gasteiger partial charge in [0.15, 0.2) is 22.0 Å². The minimum atomic E-state index is -2.00. The molecule has 0 heterocycles. The average molecular weight is 553 g/mol. The second-order valence-electron chi connectivity index (χ2n) is 11.3. The molecule has 0 saturated heterocycles. The van der Waals surface area contributed by atoms with Crippen molar-refractivity contribution in [1.82, 2.24) is 0 Å². The van der Waals surface area contributed by atoms with Gasteiger partial charge in [-0.05, 0) is 68.7 Å². The summed E-state index contributed by atoms with van der Waals surface area (Å²) in [6.07, 6.45) is -0.645. The lowest BCUT2D eigenvalue weighted by atomic mass is 9.97. The SMILES string of the molecule is CC(C)(C)C(=O)OCOC(=O)C(CCC(=O)O)CP(OCOC(=O)C(C)(C)C)OCOC(=O)C(C)(C)C. The topological polar surface area (TPSA) is 161 Å². The number of carboxylic acids is 1. The van der Waals surface area contributed by atoms with E-state index in [0.717, 1.165) is 0 Å². The van der Waals surface area contributed by atoms with Crippen molar-refractivity contribution < 1.29 is 57.1 Å². The smallest absolute Gasteiger partial charge is 0.314 e. The lowest BCUT2D eigenvalue weighted by Gasteiger charge is -2.24. The van der Waals surface area contributed by atoms with Gasteiger partial charge in [0.05, 0.1) is 22.2 Å². The normalized spacial score (nSPS) is 13.0. The van der Waals surface area contributed by atoms with E-state index in [1.54, 1.807) is 62.3 Å². The molecule has 0 bridgehead atoms. The third-order valence-corrected chi connectivity index (χ3v) is 5.94. The van der Waals surface area contributed by atoms with Crippen LogP contribution in [0.5, 0.6) is 0 Å². The summed E-state index contributed by atoms with van der Waals surface area (Å²) >= 11 is 0. The number of carboxylic acid groups (broad SMARTS) is 1. The van der Waals surface area contributed by atoms with Crippen molar-refractivity contribution in [2.45, 2.75) is 75.2 Å². The van der Waals surface area contributed by atoms with E-state index in [2.05, 4.69) is 0 Å². The fourth-order valence-electron chi connectivity index (χ4n) is 2.09. The standard InChI is InChI=1S/C24H41O12P/c1-22(2,3)19(28)32-13-31-18(27)16(10-11-17(25)26)12-37(35-14-33-20(29)23(4,5)6)36-15-34-21(30)24(7,8)9/h16H,10-15H2,1-9H3,(H,25,26). The summed E-state index contributed by atoms with van der Waals surface area (Å²) in [5.41, 5.74) is -2.37. The molecule has 0 aliphatic rings. The third-order valence-electron chi connectivity index (χ3n) is 4.41. The molecule has 0 fully saturated rings. The highest BCUT2D eigenvalue weighted by atomic mass is 31.2. The maximum Gasteiger partial charge on any atom is 0.314 e. The molecule has 0 aliphatic heterocycles. The van der Waals surface area contributed by atoms with Crippen molar-refractivity contribution in [2.24, 2.45) is 22.2 Å². The zero-order valence-electron chi connectivity index (χ0n) is 23.2. The van der Waals surface area contributed by atoms with Gasteiger partial charge in [-0.2, -0.15) is 0 Å². The van der Waals surface area contributed by atoms with Crippen molar-refractivity contribution in [2.75, 3.05) is 26.5 Å². The van der Waals surface area contributed by atoms with E-state index in [1.807, 2.05) is 0 Å². The minimum Gasteiger partial charge on any atom is -0.481 e. The van der Waals surface area contributed by atoms with E-state index in [1.165, 1.54) is 0 Å². The van der Waals surface area contributed by atoms with Crippen molar-refractivity contribution in [3.05, 3.63) is 0 Å². The summed E-state index contributed by atoms with van der Waals surface area (Å²) in [4.78, 5) is 59.7. The van der Waals surface area contributed by atoms with Crippen LogP contribution in [0.2, 0.25) is 0 Å².